The quantitative estimate of drug-likeness (QED) is 0.323. The summed E-state index contributed by atoms with van der Waals surface area (Å²) in [5.41, 5.74) is -7.78. The topological polar surface area (TPSA) is 104 Å². The van der Waals surface area contributed by atoms with Crippen molar-refractivity contribution in [3.8, 4) is 0 Å². The molecule has 0 spiro atoms. The third-order valence-corrected chi connectivity index (χ3v) is 11.8. The fourth-order valence-corrected chi connectivity index (χ4v) is 9.53. The van der Waals surface area contributed by atoms with Crippen LogP contribution in [0.2, 0.25) is 0 Å². The third kappa shape index (κ3) is 4.82. The van der Waals surface area contributed by atoms with E-state index in [1.54, 1.807) is 0 Å². The average Bonchev–Trinajstić information content (AvgIpc) is 3.47. The van der Waals surface area contributed by atoms with Gasteiger partial charge in [-0.05, 0) is 73.9 Å². The van der Waals surface area contributed by atoms with E-state index in [4.69, 9.17) is 0 Å². The normalized spacial score (nSPS) is 29.7. The highest BCUT2D eigenvalue weighted by atomic mass is 32.2. The molecule has 2 aromatic rings. The molecule has 1 amide bonds. The van der Waals surface area contributed by atoms with Crippen LogP contribution in [0.25, 0.3) is 0 Å². The Bertz CT molecular complexity index is 1490. The Morgan fingerprint density at radius 3 is 2.02 bits per heavy atom. The van der Waals surface area contributed by atoms with Gasteiger partial charge in [-0.2, -0.15) is 26.3 Å². The van der Waals surface area contributed by atoms with Gasteiger partial charge in [-0.3, -0.25) is 4.79 Å². The zero-order valence-electron chi connectivity index (χ0n) is 22.2. The molecule has 2 saturated carbocycles. The number of aliphatic hydroxyl groups is 2. The zero-order valence-corrected chi connectivity index (χ0v) is 23.0. The molecule has 3 N–H and O–H groups in total. The molecule has 0 heterocycles. The summed E-state index contributed by atoms with van der Waals surface area (Å²) < 4.78 is 136. The Kier molecular flexibility index (Phi) is 7.65. The number of nitrogens with one attached hydrogen (secondary N) is 1. The van der Waals surface area contributed by atoms with Gasteiger partial charge in [0.2, 0.25) is 5.91 Å². The van der Waals surface area contributed by atoms with Crippen LogP contribution in [0.5, 0.6) is 0 Å². The van der Waals surface area contributed by atoms with Crippen molar-refractivity contribution in [3.05, 3.63) is 65.0 Å². The van der Waals surface area contributed by atoms with Crippen LogP contribution in [0.1, 0.15) is 48.8 Å². The number of halogens is 8. The Morgan fingerprint density at radius 1 is 0.884 bits per heavy atom. The number of carbonyl (C=O) groups is 1. The van der Waals surface area contributed by atoms with Crippen molar-refractivity contribution >= 4 is 15.7 Å². The SMILES string of the molecule is O=C(N[C@@H]1CC[C@@]2(S(=O)(=O)c3ccc(F)cc3)c3ccc(C(F)(C(F)(F)F)C(F)(F)F)cc3CC[C@@H]12)[C@H]1C[C@@H](O)[C@@H](O)C1. The lowest BCUT2D eigenvalue weighted by molar-refractivity contribution is -0.348. The lowest BCUT2D eigenvalue weighted by atomic mass is 9.74. The van der Waals surface area contributed by atoms with E-state index in [1.807, 2.05) is 0 Å². The molecule has 0 bridgehead atoms. The van der Waals surface area contributed by atoms with Crippen LogP contribution >= 0.6 is 0 Å². The molecule has 15 heteroatoms. The van der Waals surface area contributed by atoms with Crippen LogP contribution in [0, 0.1) is 17.7 Å². The van der Waals surface area contributed by atoms with E-state index in [1.165, 1.54) is 0 Å². The van der Waals surface area contributed by atoms with Crippen molar-refractivity contribution in [2.45, 2.75) is 84.4 Å². The summed E-state index contributed by atoms with van der Waals surface area (Å²) in [4.78, 5) is 12.7. The van der Waals surface area contributed by atoms with E-state index in [2.05, 4.69) is 5.32 Å². The second-order valence-electron chi connectivity index (χ2n) is 11.5. The molecular formula is C28H27F8NO5S. The Labute approximate surface area is 241 Å². The van der Waals surface area contributed by atoms with Gasteiger partial charge in [0.1, 0.15) is 10.6 Å². The summed E-state index contributed by atoms with van der Waals surface area (Å²) in [5.74, 6) is -2.98. The van der Waals surface area contributed by atoms with Crippen molar-refractivity contribution in [1.82, 2.24) is 5.32 Å². The van der Waals surface area contributed by atoms with E-state index < -0.39 is 80.0 Å². The summed E-state index contributed by atoms with van der Waals surface area (Å²) in [5, 5.41) is 22.5. The number of fused-ring (bicyclic) bond motifs is 3. The molecule has 0 aromatic heterocycles. The first-order valence-corrected chi connectivity index (χ1v) is 15.0. The van der Waals surface area contributed by atoms with Gasteiger partial charge in [-0.1, -0.05) is 18.2 Å². The van der Waals surface area contributed by atoms with E-state index in [9.17, 15) is 58.5 Å². The van der Waals surface area contributed by atoms with Gasteiger partial charge in [0.15, 0.2) is 9.84 Å². The summed E-state index contributed by atoms with van der Waals surface area (Å²) in [6, 6.07) is 4.42. The Balaban J connectivity index is 1.61. The van der Waals surface area contributed by atoms with Crippen molar-refractivity contribution in [2.75, 3.05) is 0 Å². The molecule has 0 saturated heterocycles. The number of alkyl halides is 7. The van der Waals surface area contributed by atoms with Crippen molar-refractivity contribution in [1.29, 1.82) is 0 Å². The maximum absolute atomic E-state index is 14.9. The molecule has 2 aromatic carbocycles. The minimum Gasteiger partial charge on any atom is -0.390 e. The summed E-state index contributed by atoms with van der Waals surface area (Å²) in [6.07, 6.45) is -15.5. The number of hydrogen-bond acceptors (Lipinski definition) is 5. The fourth-order valence-electron chi connectivity index (χ4n) is 7.06. The first-order valence-electron chi connectivity index (χ1n) is 13.5. The summed E-state index contributed by atoms with van der Waals surface area (Å²) in [6.45, 7) is 0. The van der Waals surface area contributed by atoms with Gasteiger partial charge < -0.3 is 15.5 Å². The molecule has 6 atom stereocenters. The molecule has 236 valence electrons. The number of benzene rings is 2. The van der Waals surface area contributed by atoms with Crippen LogP contribution < -0.4 is 5.32 Å². The highest BCUT2D eigenvalue weighted by Gasteiger charge is 2.73. The maximum Gasteiger partial charge on any atom is 0.435 e. The van der Waals surface area contributed by atoms with Crippen LogP contribution in [-0.2, 0) is 31.5 Å². The third-order valence-electron chi connectivity index (χ3n) is 9.17. The Hall–Kier alpha value is -2.78. The largest absolute Gasteiger partial charge is 0.435 e. The van der Waals surface area contributed by atoms with Crippen LogP contribution in [0.15, 0.2) is 47.4 Å². The molecule has 43 heavy (non-hydrogen) atoms. The number of rotatable bonds is 5. The average molecular weight is 642 g/mol. The van der Waals surface area contributed by atoms with Gasteiger partial charge >= 0.3 is 18.0 Å². The second kappa shape index (κ2) is 10.4. The highest BCUT2D eigenvalue weighted by molar-refractivity contribution is 7.92. The standard InChI is InChI=1S/C28H27F8NO5S/c29-17-3-5-18(6-4-17)43(41,42)25-10-9-21(37-24(40)15-12-22(38)23(39)13-15)20(25)7-1-14-11-16(2-8-19(14)25)26(30,27(31,32)33)28(34,35)36/h2-6,8,11,15,20-23,38-39H,1,7,9-10,12-13H2,(H,37,40)/t15-,20-,21+,22+,23-,25+/m0/s1. The van der Waals surface area contributed by atoms with Crippen molar-refractivity contribution in [3.63, 3.8) is 0 Å². The van der Waals surface area contributed by atoms with Crippen LogP contribution in [-0.4, -0.2) is 55.1 Å². The molecule has 0 aliphatic heterocycles. The monoisotopic (exact) mass is 641 g/mol. The molecular weight excluding hydrogens is 614 g/mol. The highest BCUT2D eigenvalue weighted by Crippen LogP contribution is 2.59. The maximum atomic E-state index is 14.9. The van der Waals surface area contributed by atoms with E-state index in [0.717, 1.165) is 30.3 Å². The summed E-state index contributed by atoms with van der Waals surface area (Å²) in [7, 11) is -4.54. The predicted molar refractivity (Wildman–Crippen MR) is 134 cm³/mol. The van der Waals surface area contributed by atoms with Crippen LogP contribution in [0.3, 0.4) is 0 Å². The van der Waals surface area contributed by atoms with Crippen molar-refractivity contribution < 1.29 is 58.5 Å². The number of aliphatic hydroxyl groups excluding tert-OH is 2. The van der Waals surface area contributed by atoms with Gasteiger partial charge in [0.25, 0.3) is 0 Å². The fraction of sp³-hybridized carbons (Fsp3) is 0.536. The van der Waals surface area contributed by atoms with Crippen LogP contribution in [0.4, 0.5) is 35.1 Å². The number of hydrogen-bond donors (Lipinski definition) is 3. The lowest BCUT2D eigenvalue weighted by Crippen LogP contribution is -2.51. The predicted octanol–water partition coefficient (Wildman–Crippen LogP) is 4.76. The smallest absolute Gasteiger partial charge is 0.390 e. The number of amides is 1. The van der Waals surface area contributed by atoms with E-state index >= 15 is 0 Å². The van der Waals surface area contributed by atoms with E-state index in [-0.39, 0.29) is 60.6 Å². The van der Waals surface area contributed by atoms with Gasteiger partial charge in [0.05, 0.1) is 17.1 Å². The molecule has 6 nitrogen and oxygen atoms in total. The van der Waals surface area contributed by atoms with Gasteiger partial charge in [0, 0.05) is 23.4 Å². The lowest BCUT2D eigenvalue weighted by Gasteiger charge is -2.43. The zero-order chi connectivity index (χ0) is 31.8. The second-order valence-corrected chi connectivity index (χ2v) is 13.7. The Morgan fingerprint density at radius 2 is 1.47 bits per heavy atom. The number of sulfone groups is 1. The first-order chi connectivity index (χ1) is 19.8. The minimum atomic E-state index is -6.36. The summed E-state index contributed by atoms with van der Waals surface area (Å²) >= 11 is 0. The number of aryl methyl sites for hydroxylation is 1. The first kappa shape index (κ1) is 31.6. The number of carbonyl (C=O) groups excluding carboxylic acids is 1. The van der Waals surface area contributed by atoms with Gasteiger partial charge in [-0.25, -0.2) is 17.2 Å². The van der Waals surface area contributed by atoms with Gasteiger partial charge in [-0.15, -0.1) is 0 Å². The molecule has 5 rings (SSSR count). The molecule has 0 unspecified atom stereocenters. The molecule has 0 radical (unpaired) electrons. The molecule has 3 aliphatic rings. The van der Waals surface area contributed by atoms with Crippen molar-refractivity contribution in [2.24, 2.45) is 11.8 Å². The minimum absolute atomic E-state index is 0.0294. The molecule has 2 fully saturated rings. The van der Waals surface area contributed by atoms with E-state index in [0.29, 0.717) is 6.07 Å². The molecule has 3 aliphatic carbocycles.